The molecule has 0 unspecified atom stereocenters. The van der Waals surface area contributed by atoms with E-state index in [-0.39, 0.29) is 16.1 Å². The van der Waals surface area contributed by atoms with Gasteiger partial charge in [-0.3, -0.25) is 4.79 Å². The molecule has 0 fully saturated rings. The van der Waals surface area contributed by atoms with Crippen molar-refractivity contribution in [3.8, 4) is 0 Å². The summed E-state index contributed by atoms with van der Waals surface area (Å²) >= 11 is 0. The highest BCUT2D eigenvalue weighted by Crippen LogP contribution is 2.22. The Labute approximate surface area is 108 Å². The predicted octanol–water partition coefficient (Wildman–Crippen LogP) is 1.32. The lowest BCUT2D eigenvalue weighted by Crippen LogP contribution is -2.18. The van der Waals surface area contributed by atoms with Gasteiger partial charge < -0.3 is 9.73 Å². The Morgan fingerprint density at radius 3 is 2.63 bits per heavy atom. The van der Waals surface area contributed by atoms with Gasteiger partial charge in [0.1, 0.15) is 17.0 Å². The molecule has 0 saturated carbocycles. The quantitative estimate of drug-likeness (QED) is 0.887. The molecule has 3 N–H and O–H groups in total. The summed E-state index contributed by atoms with van der Waals surface area (Å²) in [5.41, 5.74) is -0.0571. The van der Waals surface area contributed by atoms with Crippen molar-refractivity contribution in [1.29, 1.82) is 0 Å². The summed E-state index contributed by atoms with van der Waals surface area (Å²) in [6.07, 6.45) is 2.45. The highest BCUT2D eigenvalue weighted by Gasteiger charge is 2.17. The van der Waals surface area contributed by atoms with Gasteiger partial charge in [-0.2, -0.15) is 0 Å². The van der Waals surface area contributed by atoms with Crippen molar-refractivity contribution in [1.82, 2.24) is 0 Å². The van der Waals surface area contributed by atoms with Crippen LogP contribution in [0, 0.1) is 5.82 Å². The van der Waals surface area contributed by atoms with E-state index in [2.05, 4.69) is 5.32 Å². The third kappa shape index (κ3) is 2.98. The second-order valence-corrected chi connectivity index (χ2v) is 5.18. The van der Waals surface area contributed by atoms with Crippen LogP contribution < -0.4 is 10.5 Å². The number of nitrogens with one attached hydrogen (secondary N) is 1. The van der Waals surface area contributed by atoms with E-state index in [9.17, 15) is 17.6 Å². The summed E-state index contributed by atoms with van der Waals surface area (Å²) in [6.45, 7) is 0. The molecule has 2 rings (SSSR count). The molecule has 19 heavy (non-hydrogen) atoms. The van der Waals surface area contributed by atoms with E-state index in [4.69, 9.17) is 9.56 Å². The largest absolute Gasteiger partial charge is 0.472 e. The first kappa shape index (κ1) is 13.2. The molecule has 0 atom stereocenters. The maximum Gasteiger partial charge on any atom is 0.258 e. The number of sulfonamides is 1. The SMILES string of the molecule is NS(=O)(=O)c1ccc(F)cc1NC(=O)c1ccoc1. The number of nitrogens with two attached hydrogens (primary N) is 1. The fourth-order valence-corrected chi connectivity index (χ4v) is 2.11. The molecule has 0 saturated heterocycles. The lowest BCUT2D eigenvalue weighted by atomic mass is 10.2. The Morgan fingerprint density at radius 1 is 1.32 bits per heavy atom. The van der Waals surface area contributed by atoms with Crippen LogP contribution in [0.1, 0.15) is 10.4 Å². The molecule has 0 aliphatic rings. The monoisotopic (exact) mass is 284 g/mol. The van der Waals surface area contributed by atoms with Crippen LogP contribution in [0.3, 0.4) is 0 Å². The summed E-state index contributed by atoms with van der Waals surface area (Å²) in [5.74, 6) is -1.33. The minimum atomic E-state index is -4.07. The van der Waals surface area contributed by atoms with Gasteiger partial charge in [0.05, 0.1) is 17.5 Å². The van der Waals surface area contributed by atoms with Gasteiger partial charge in [0.15, 0.2) is 0 Å². The number of halogens is 1. The van der Waals surface area contributed by atoms with Crippen molar-refractivity contribution in [2.24, 2.45) is 5.14 Å². The molecule has 1 heterocycles. The van der Waals surface area contributed by atoms with Crippen molar-refractivity contribution in [3.05, 3.63) is 48.2 Å². The van der Waals surface area contributed by atoms with Crippen molar-refractivity contribution >= 4 is 21.6 Å². The molecule has 0 spiro atoms. The first-order valence-electron chi connectivity index (χ1n) is 5.04. The highest BCUT2D eigenvalue weighted by molar-refractivity contribution is 7.89. The van der Waals surface area contributed by atoms with Crippen LogP contribution in [0.2, 0.25) is 0 Å². The summed E-state index contributed by atoms with van der Waals surface area (Å²) in [5, 5.41) is 7.24. The Bertz CT molecular complexity index is 710. The molecule has 0 bridgehead atoms. The first-order chi connectivity index (χ1) is 8.88. The lowest BCUT2D eigenvalue weighted by Gasteiger charge is -2.08. The lowest BCUT2D eigenvalue weighted by molar-refractivity contribution is 0.102. The number of hydrogen-bond acceptors (Lipinski definition) is 4. The van der Waals surface area contributed by atoms with E-state index in [1.54, 1.807) is 0 Å². The highest BCUT2D eigenvalue weighted by atomic mass is 32.2. The third-order valence-corrected chi connectivity index (χ3v) is 3.25. The van der Waals surface area contributed by atoms with Crippen molar-refractivity contribution in [3.63, 3.8) is 0 Å². The number of rotatable bonds is 3. The second kappa shape index (κ2) is 4.82. The van der Waals surface area contributed by atoms with Crippen LogP contribution in [0.15, 0.2) is 46.1 Å². The van der Waals surface area contributed by atoms with Crippen LogP contribution in [-0.4, -0.2) is 14.3 Å². The number of furan rings is 1. The number of benzene rings is 1. The Balaban J connectivity index is 2.39. The van der Waals surface area contributed by atoms with Crippen molar-refractivity contribution < 1.29 is 22.0 Å². The van der Waals surface area contributed by atoms with E-state index < -0.39 is 21.7 Å². The number of primary sulfonamides is 1. The van der Waals surface area contributed by atoms with E-state index in [0.29, 0.717) is 0 Å². The van der Waals surface area contributed by atoms with Crippen LogP contribution in [0.4, 0.5) is 10.1 Å². The minimum Gasteiger partial charge on any atom is -0.472 e. The standard InChI is InChI=1S/C11H9FN2O4S/c12-8-1-2-10(19(13,16)17)9(5-8)14-11(15)7-3-4-18-6-7/h1-6H,(H,14,15)(H2,13,16,17). The molecule has 6 nitrogen and oxygen atoms in total. The zero-order valence-corrected chi connectivity index (χ0v) is 10.3. The summed E-state index contributed by atoms with van der Waals surface area (Å²) < 4.78 is 40.5. The number of amides is 1. The van der Waals surface area contributed by atoms with Gasteiger partial charge in [-0.15, -0.1) is 0 Å². The number of anilines is 1. The molecule has 1 amide bonds. The summed E-state index contributed by atoms with van der Waals surface area (Å²) in [4.78, 5) is 11.4. The van der Waals surface area contributed by atoms with Gasteiger partial charge in [-0.1, -0.05) is 0 Å². The third-order valence-electron chi connectivity index (χ3n) is 2.28. The van der Waals surface area contributed by atoms with E-state index >= 15 is 0 Å². The Kier molecular flexibility index (Phi) is 3.36. The van der Waals surface area contributed by atoms with Crippen LogP contribution in [0.25, 0.3) is 0 Å². The second-order valence-electron chi connectivity index (χ2n) is 3.65. The fraction of sp³-hybridized carbons (Fsp3) is 0. The number of carbonyl (C=O) groups excluding carboxylic acids is 1. The maximum absolute atomic E-state index is 13.1. The average Bonchev–Trinajstić information content (AvgIpc) is 2.80. The maximum atomic E-state index is 13.1. The molecule has 1 aromatic carbocycles. The van der Waals surface area contributed by atoms with Crippen molar-refractivity contribution in [2.45, 2.75) is 4.90 Å². The van der Waals surface area contributed by atoms with Gasteiger partial charge in [0, 0.05) is 0 Å². The molecule has 1 aromatic heterocycles. The molecule has 8 heteroatoms. The van der Waals surface area contributed by atoms with Crippen LogP contribution in [-0.2, 0) is 10.0 Å². The van der Waals surface area contributed by atoms with E-state index in [0.717, 1.165) is 18.2 Å². The van der Waals surface area contributed by atoms with Crippen molar-refractivity contribution in [2.75, 3.05) is 5.32 Å². The Hall–Kier alpha value is -2.19. The molecular formula is C11H9FN2O4S. The summed E-state index contributed by atoms with van der Waals surface area (Å²) in [7, 11) is -4.07. The zero-order chi connectivity index (χ0) is 14.0. The topological polar surface area (TPSA) is 102 Å². The normalized spacial score (nSPS) is 11.3. The smallest absolute Gasteiger partial charge is 0.258 e. The first-order valence-corrected chi connectivity index (χ1v) is 6.58. The van der Waals surface area contributed by atoms with E-state index in [1.165, 1.54) is 18.6 Å². The number of carbonyl (C=O) groups is 1. The van der Waals surface area contributed by atoms with Gasteiger partial charge in [0.25, 0.3) is 5.91 Å². The predicted molar refractivity (Wildman–Crippen MR) is 64.4 cm³/mol. The molecular weight excluding hydrogens is 275 g/mol. The Morgan fingerprint density at radius 2 is 2.05 bits per heavy atom. The van der Waals surface area contributed by atoms with Gasteiger partial charge in [-0.05, 0) is 24.3 Å². The minimum absolute atomic E-state index is 0.171. The van der Waals surface area contributed by atoms with Gasteiger partial charge in [0.2, 0.25) is 10.0 Å². The molecule has 2 aromatic rings. The zero-order valence-electron chi connectivity index (χ0n) is 9.46. The van der Waals surface area contributed by atoms with Crippen LogP contribution >= 0.6 is 0 Å². The molecule has 0 radical (unpaired) electrons. The van der Waals surface area contributed by atoms with E-state index in [1.807, 2.05) is 0 Å². The molecule has 0 aliphatic carbocycles. The van der Waals surface area contributed by atoms with Crippen LogP contribution in [0.5, 0.6) is 0 Å². The van der Waals surface area contributed by atoms with Gasteiger partial charge in [-0.25, -0.2) is 17.9 Å². The summed E-state index contributed by atoms with van der Waals surface area (Å²) in [6, 6.07) is 4.17. The average molecular weight is 284 g/mol. The molecule has 100 valence electrons. The molecule has 0 aliphatic heterocycles. The number of hydrogen-bond donors (Lipinski definition) is 2. The fourth-order valence-electron chi connectivity index (χ4n) is 1.44. The van der Waals surface area contributed by atoms with Gasteiger partial charge >= 0.3 is 0 Å².